The standard InChI is InChI=1S/C15H18N4O3.ClH/c1-2-16-9-11-4-3-5-12(8-11)17-14(21)10-19-7-6-13(20)18-15(19)22;/h3-8,16H,2,9-10H2,1H3,(H,17,21)(H,18,20,22);1H. The third-order valence-corrected chi connectivity index (χ3v) is 3.00. The highest BCUT2D eigenvalue weighted by atomic mass is 35.5. The molecule has 2 rings (SSSR count). The Morgan fingerprint density at radius 2 is 2.04 bits per heavy atom. The maximum absolute atomic E-state index is 12.0. The molecule has 0 radical (unpaired) electrons. The van der Waals surface area contributed by atoms with Gasteiger partial charge in [0.1, 0.15) is 6.54 Å². The summed E-state index contributed by atoms with van der Waals surface area (Å²) in [5.74, 6) is -0.338. The number of aromatic nitrogens is 2. The maximum atomic E-state index is 12.0. The van der Waals surface area contributed by atoms with Gasteiger partial charge in [0.25, 0.3) is 5.56 Å². The van der Waals surface area contributed by atoms with E-state index in [1.807, 2.05) is 25.1 Å². The fourth-order valence-electron chi connectivity index (χ4n) is 1.95. The zero-order valence-electron chi connectivity index (χ0n) is 12.7. The number of carbonyl (C=O) groups is 1. The predicted molar refractivity (Wildman–Crippen MR) is 91.0 cm³/mol. The monoisotopic (exact) mass is 338 g/mol. The molecule has 2 aromatic rings. The summed E-state index contributed by atoms with van der Waals surface area (Å²) in [6.07, 6.45) is 1.29. The second-order valence-electron chi connectivity index (χ2n) is 4.77. The molecule has 23 heavy (non-hydrogen) atoms. The molecule has 3 N–H and O–H groups in total. The van der Waals surface area contributed by atoms with Crippen LogP contribution in [-0.2, 0) is 17.9 Å². The molecule has 1 heterocycles. The van der Waals surface area contributed by atoms with Crippen molar-refractivity contribution >= 4 is 24.0 Å². The number of nitrogens with one attached hydrogen (secondary N) is 3. The number of nitrogens with zero attached hydrogens (tertiary/aromatic N) is 1. The molecule has 0 saturated heterocycles. The zero-order chi connectivity index (χ0) is 15.9. The SMILES string of the molecule is CCNCc1cccc(NC(=O)Cn2ccc(=O)[nH]c2=O)c1.Cl. The van der Waals surface area contributed by atoms with Gasteiger partial charge in [0.05, 0.1) is 0 Å². The molecule has 1 aromatic heterocycles. The molecule has 0 aliphatic carbocycles. The number of anilines is 1. The average Bonchev–Trinajstić information content (AvgIpc) is 2.48. The summed E-state index contributed by atoms with van der Waals surface area (Å²) in [4.78, 5) is 36.6. The first-order chi connectivity index (χ1) is 10.6. The van der Waals surface area contributed by atoms with E-state index in [-0.39, 0.29) is 24.9 Å². The van der Waals surface area contributed by atoms with E-state index in [0.717, 1.165) is 23.2 Å². The molecule has 124 valence electrons. The van der Waals surface area contributed by atoms with Gasteiger partial charge in [-0.15, -0.1) is 12.4 Å². The summed E-state index contributed by atoms with van der Waals surface area (Å²) < 4.78 is 1.14. The van der Waals surface area contributed by atoms with Crippen molar-refractivity contribution in [2.24, 2.45) is 0 Å². The average molecular weight is 339 g/mol. The molecule has 0 aliphatic heterocycles. The number of benzene rings is 1. The van der Waals surface area contributed by atoms with Crippen LogP contribution in [0, 0.1) is 0 Å². The van der Waals surface area contributed by atoms with Crippen LogP contribution in [0.4, 0.5) is 5.69 Å². The summed E-state index contributed by atoms with van der Waals surface area (Å²) in [6.45, 7) is 3.45. The number of hydrogen-bond donors (Lipinski definition) is 3. The van der Waals surface area contributed by atoms with Crippen molar-refractivity contribution in [3.05, 3.63) is 62.9 Å². The minimum Gasteiger partial charge on any atom is -0.325 e. The third kappa shape index (κ3) is 5.72. The van der Waals surface area contributed by atoms with Crippen LogP contribution in [0.1, 0.15) is 12.5 Å². The lowest BCUT2D eigenvalue weighted by atomic mass is 10.2. The Labute approximate surface area is 139 Å². The van der Waals surface area contributed by atoms with E-state index in [4.69, 9.17) is 0 Å². The van der Waals surface area contributed by atoms with Gasteiger partial charge in [-0.05, 0) is 24.2 Å². The first-order valence-electron chi connectivity index (χ1n) is 6.98. The van der Waals surface area contributed by atoms with Gasteiger partial charge >= 0.3 is 5.69 Å². The van der Waals surface area contributed by atoms with Gasteiger partial charge in [0.2, 0.25) is 5.91 Å². The Morgan fingerprint density at radius 3 is 2.74 bits per heavy atom. The quantitative estimate of drug-likeness (QED) is 0.722. The molecule has 1 aromatic carbocycles. The van der Waals surface area contributed by atoms with Crippen LogP contribution in [0.25, 0.3) is 0 Å². The number of amides is 1. The van der Waals surface area contributed by atoms with Gasteiger partial charge in [-0.2, -0.15) is 0 Å². The third-order valence-electron chi connectivity index (χ3n) is 3.00. The van der Waals surface area contributed by atoms with Crippen LogP contribution < -0.4 is 21.9 Å². The van der Waals surface area contributed by atoms with Gasteiger partial charge < -0.3 is 10.6 Å². The first-order valence-corrected chi connectivity index (χ1v) is 6.98. The van der Waals surface area contributed by atoms with Crippen molar-refractivity contribution in [2.75, 3.05) is 11.9 Å². The number of rotatable bonds is 6. The normalized spacial score (nSPS) is 9.96. The van der Waals surface area contributed by atoms with Crippen molar-refractivity contribution in [2.45, 2.75) is 20.0 Å². The highest BCUT2D eigenvalue weighted by molar-refractivity contribution is 5.90. The molecule has 7 nitrogen and oxygen atoms in total. The maximum Gasteiger partial charge on any atom is 0.328 e. The highest BCUT2D eigenvalue weighted by Crippen LogP contribution is 2.10. The van der Waals surface area contributed by atoms with Gasteiger partial charge in [-0.1, -0.05) is 19.1 Å². The smallest absolute Gasteiger partial charge is 0.325 e. The molecule has 0 atom stereocenters. The lowest BCUT2D eigenvalue weighted by Crippen LogP contribution is -2.32. The number of H-pyrrole nitrogens is 1. The van der Waals surface area contributed by atoms with Crippen LogP contribution in [0.5, 0.6) is 0 Å². The molecule has 0 aliphatic rings. The van der Waals surface area contributed by atoms with Crippen LogP contribution in [0.3, 0.4) is 0 Å². The number of carbonyl (C=O) groups excluding carboxylic acids is 1. The molecule has 0 bridgehead atoms. The lowest BCUT2D eigenvalue weighted by Gasteiger charge is -2.09. The highest BCUT2D eigenvalue weighted by Gasteiger charge is 2.06. The molecule has 0 fully saturated rings. The van der Waals surface area contributed by atoms with Crippen LogP contribution in [0.15, 0.2) is 46.1 Å². The number of halogens is 1. The molecule has 0 unspecified atom stereocenters. The van der Waals surface area contributed by atoms with Gasteiger partial charge in [-0.3, -0.25) is 19.1 Å². The van der Waals surface area contributed by atoms with E-state index in [9.17, 15) is 14.4 Å². The number of hydrogen-bond acceptors (Lipinski definition) is 4. The molecule has 1 amide bonds. The van der Waals surface area contributed by atoms with Crippen molar-refractivity contribution in [1.82, 2.24) is 14.9 Å². The fraction of sp³-hybridized carbons (Fsp3) is 0.267. The molecule has 8 heteroatoms. The van der Waals surface area contributed by atoms with Crippen LogP contribution >= 0.6 is 12.4 Å². The first kappa shape index (κ1) is 18.7. The molecular weight excluding hydrogens is 320 g/mol. The van der Waals surface area contributed by atoms with E-state index < -0.39 is 11.2 Å². The van der Waals surface area contributed by atoms with Gasteiger partial charge in [-0.25, -0.2) is 4.79 Å². The Balaban J connectivity index is 0.00000264. The van der Waals surface area contributed by atoms with Crippen molar-refractivity contribution in [3.8, 4) is 0 Å². The van der Waals surface area contributed by atoms with Crippen molar-refractivity contribution < 1.29 is 4.79 Å². The van der Waals surface area contributed by atoms with E-state index >= 15 is 0 Å². The topological polar surface area (TPSA) is 96.0 Å². The summed E-state index contributed by atoms with van der Waals surface area (Å²) in [5, 5.41) is 5.94. The second-order valence-corrected chi connectivity index (χ2v) is 4.77. The van der Waals surface area contributed by atoms with E-state index in [1.54, 1.807) is 6.07 Å². The minimum absolute atomic E-state index is 0. The largest absolute Gasteiger partial charge is 0.328 e. The molecular formula is C15H19ClN4O3. The summed E-state index contributed by atoms with van der Waals surface area (Å²) >= 11 is 0. The summed E-state index contributed by atoms with van der Waals surface area (Å²) in [7, 11) is 0. The minimum atomic E-state index is -0.608. The Morgan fingerprint density at radius 1 is 1.26 bits per heavy atom. The van der Waals surface area contributed by atoms with Crippen LogP contribution in [-0.4, -0.2) is 22.0 Å². The Hall–Kier alpha value is -2.38. The van der Waals surface area contributed by atoms with Gasteiger partial charge in [0, 0.05) is 24.5 Å². The van der Waals surface area contributed by atoms with E-state index in [2.05, 4.69) is 15.6 Å². The predicted octanol–water partition coefficient (Wildman–Crippen LogP) is 0.707. The van der Waals surface area contributed by atoms with Crippen LogP contribution in [0.2, 0.25) is 0 Å². The zero-order valence-corrected chi connectivity index (χ0v) is 13.5. The molecule has 0 saturated carbocycles. The van der Waals surface area contributed by atoms with Crippen molar-refractivity contribution in [3.63, 3.8) is 0 Å². The Bertz CT molecular complexity index is 770. The summed E-state index contributed by atoms with van der Waals surface area (Å²) in [6, 6.07) is 8.67. The second kappa shape index (κ2) is 8.92. The van der Waals surface area contributed by atoms with E-state index in [1.165, 1.54) is 12.3 Å². The molecule has 0 spiro atoms. The lowest BCUT2D eigenvalue weighted by molar-refractivity contribution is -0.116. The number of aromatic amines is 1. The Kier molecular flexibility index (Phi) is 7.24. The summed E-state index contributed by atoms with van der Waals surface area (Å²) in [5.41, 5.74) is 0.625. The fourth-order valence-corrected chi connectivity index (χ4v) is 1.95. The van der Waals surface area contributed by atoms with Crippen molar-refractivity contribution in [1.29, 1.82) is 0 Å². The van der Waals surface area contributed by atoms with E-state index in [0.29, 0.717) is 5.69 Å². The van der Waals surface area contributed by atoms with Gasteiger partial charge in [0.15, 0.2) is 0 Å².